The largest absolute Gasteiger partial charge is 0.388 e. The molecule has 0 amide bonds. The maximum Gasteiger partial charge on any atom is 0.0889 e. The molecule has 0 saturated carbocycles. The highest BCUT2D eigenvalue weighted by Crippen LogP contribution is 2.07. The minimum atomic E-state index is 0.259. The molecule has 0 radical (unpaired) electrons. The number of rotatable bonds is 7. The van der Waals surface area contributed by atoms with Gasteiger partial charge in [-0.05, 0) is 26.0 Å². The molecule has 1 N–H and O–H groups in total. The van der Waals surface area contributed by atoms with Gasteiger partial charge in [-0.3, -0.25) is 4.98 Å². The molecule has 0 spiro atoms. The van der Waals surface area contributed by atoms with Gasteiger partial charge in [0.25, 0.3) is 0 Å². The maximum atomic E-state index is 5.45. The Morgan fingerprint density at radius 3 is 2.88 bits per heavy atom. The number of aromatic nitrogens is 1. The van der Waals surface area contributed by atoms with Crippen LogP contribution in [-0.2, 0) is 16.1 Å². The molecule has 0 unspecified atom stereocenters. The Bertz CT molecular complexity index is 303. The minimum absolute atomic E-state index is 0.259. The molecule has 1 aromatic heterocycles. The molecule has 4 heteroatoms. The second-order valence-corrected chi connectivity index (χ2v) is 3.76. The minimum Gasteiger partial charge on any atom is -0.388 e. The van der Waals surface area contributed by atoms with Crippen LogP contribution in [0.1, 0.15) is 19.5 Å². The van der Waals surface area contributed by atoms with Crippen molar-refractivity contribution in [3.05, 3.63) is 24.0 Å². The predicted octanol–water partition coefficient (Wildman–Crippen LogP) is 2.06. The average Bonchev–Trinajstić information content (AvgIpc) is 2.28. The van der Waals surface area contributed by atoms with E-state index < -0.39 is 0 Å². The fourth-order valence-corrected chi connectivity index (χ4v) is 1.23. The zero-order valence-electron chi connectivity index (χ0n) is 10.2. The van der Waals surface area contributed by atoms with Gasteiger partial charge >= 0.3 is 0 Å². The first-order chi connectivity index (χ1) is 7.72. The van der Waals surface area contributed by atoms with Crippen LogP contribution in [0.15, 0.2) is 18.3 Å². The molecule has 1 rings (SSSR count). The molecular weight excluding hydrogens is 204 g/mol. The zero-order chi connectivity index (χ0) is 11.8. The Labute approximate surface area is 97.0 Å². The summed E-state index contributed by atoms with van der Waals surface area (Å²) in [4.78, 5) is 4.21. The molecule has 0 fully saturated rings. The molecule has 0 aliphatic heterocycles. The van der Waals surface area contributed by atoms with Crippen LogP contribution in [0.2, 0.25) is 0 Å². The SMILES string of the molecule is CNc1ccnc(COCCOC(C)C)c1. The summed E-state index contributed by atoms with van der Waals surface area (Å²) in [5.74, 6) is 0. The van der Waals surface area contributed by atoms with Crippen molar-refractivity contribution in [1.29, 1.82) is 0 Å². The van der Waals surface area contributed by atoms with E-state index in [2.05, 4.69) is 10.3 Å². The molecule has 0 saturated heterocycles. The summed E-state index contributed by atoms with van der Waals surface area (Å²) in [6, 6.07) is 3.90. The zero-order valence-corrected chi connectivity index (χ0v) is 10.2. The number of nitrogens with one attached hydrogen (secondary N) is 1. The standard InChI is InChI=1S/C12H20N2O2/c1-10(2)16-7-6-15-9-12-8-11(13-3)4-5-14-12/h4-5,8,10H,6-7,9H2,1-3H3,(H,13,14). The summed E-state index contributed by atoms with van der Waals surface area (Å²) in [6.45, 7) is 5.78. The van der Waals surface area contributed by atoms with Crippen LogP contribution >= 0.6 is 0 Å². The summed E-state index contributed by atoms with van der Waals surface area (Å²) in [5.41, 5.74) is 1.98. The predicted molar refractivity (Wildman–Crippen MR) is 64.5 cm³/mol. The van der Waals surface area contributed by atoms with Crippen molar-refractivity contribution >= 4 is 5.69 Å². The van der Waals surface area contributed by atoms with Gasteiger partial charge in [0, 0.05) is 18.9 Å². The van der Waals surface area contributed by atoms with Crippen molar-refractivity contribution in [2.75, 3.05) is 25.6 Å². The van der Waals surface area contributed by atoms with Crippen LogP contribution in [0.25, 0.3) is 0 Å². The Morgan fingerprint density at radius 1 is 1.38 bits per heavy atom. The van der Waals surface area contributed by atoms with Gasteiger partial charge in [0.1, 0.15) is 0 Å². The fraction of sp³-hybridized carbons (Fsp3) is 0.583. The van der Waals surface area contributed by atoms with Crippen molar-refractivity contribution in [3.8, 4) is 0 Å². The van der Waals surface area contributed by atoms with E-state index in [9.17, 15) is 0 Å². The van der Waals surface area contributed by atoms with Crippen LogP contribution in [0.5, 0.6) is 0 Å². The molecule has 0 aromatic carbocycles. The lowest BCUT2D eigenvalue weighted by molar-refractivity contribution is 0.0135. The van der Waals surface area contributed by atoms with Crippen LogP contribution in [0.3, 0.4) is 0 Å². The van der Waals surface area contributed by atoms with Gasteiger partial charge in [-0.2, -0.15) is 0 Å². The van der Waals surface area contributed by atoms with Crippen molar-refractivity contribution in [2.24, 2.45) is 0 Å². The molecule has 16 heavy (non-hydrogen) atoms. The van der Waals surface area contributed by atoms with Crippen LogP contribution < -0.4 is 5.32 Å². The molecule has 0 atom stereocenters. The van der Waals surface area contributed by atoms with Crippen LogP contribution in [-0.4, -0.2) is 31.3 Å². The molecule has 0 aliphatic rings. The lowest BCUT2D eigenvalue weighted by Crippen LogP contribution is -2.09. The van der Waals surface area contributed by atoms with Gasteiger partial charge in [0.2, 0.25) is 0 Å². The van der Waals surface area contributed by atoms with Gasteiger partial charge in [0.05, 0.1) is 31.6 Å². The van der Waals surface area contributed by atoms with Crippen molar-refractivity contribution < 1.29 is 9.47 Å². The molecule has 4 nitrogen and oxygen atoms in total. The lowest BCUT2D eigenvalue weighted by atomic mass is 10.3. The van der Waals surface area contributed by atoms with Gasteiger partial charge in [-0.25, -0.2) is 0 Å². The van der Waals surface area contributed by atoms with Crippen molar-refractivity contribution in [2.45, 2.75) is 26.6 Å². The summed E-state index contributed by atoms with van der Waals surface area (Å²) in [5, 5.41) is 3.06. The summed E-state index contributed by atoms with van der Waals surface area (Å²) in [7, 11) is 1.89. The summed E-state index contributed by atoms with van der Waals surface area (Å²) < 4.78 is 10.8. The molecule has 90 valence electrons. The van der Waals surface area contributed by atoms with Crippen molar-refractivity contribution in [3.63, 3.8) is 0 Å². The monoisotopic (exact) mass is 224 g/mol. The maximum absolute atomic E-state index is 5.45. The second kappa shape index (κ2) is 7.19. The normalized spacial score (nSPS) is 10.8. The second-order valence-electron chi connectivity index (χ2n) is 3.76. The Hall–Kier alpha value is -1.13. The molecular formula is C12H20N2O2. The topological polar surface area (TPSA) is 43.4 Å². The highest BCUT2D eigenvalue weighted by Gasteiger charge is 1.97. The van der Waals surface area contributed by atoms with Gasteiger partial charge in [-0.15, -0.1) is 0 Å². The Kier molecular flexibility index (Phi) is 5.82. The van der Waals surface area contributed by atoms with Gasteiger partial charge < -0.3 is 14.8 Å². The highest BCUT2D eigenvalue weighted by molar-refractivity contribution is 5.42. The Morgan fingerprint density at radius 2 is 2.19 bits per heavy atom. The van der Waals surface area contributed by atoms with E-state index in [-0.39, 0.29) is 6.10 Å². The van der Waals surface area contributed by atoms with E-state index in [1.807, 2.05) is 33.0 Å². The molecule has 0 aliphatic carbocycles. The first-order valence-corrected chi connectivity index (χ1v) is 5.54. The van der Waals surface area contributed by atoms with E-state index >= 15 is 0 Å². The third kappa shape index (κ3) is 5.09. The number of hydrogen-bond donors (Lipinski definition) is 1. The first kappa shape index (κ1) is 12.9. The fourth-order valence-electron chi connectivity index (χ4n) is 1.23. The summed E-state index contributed by atoms with van der Waals surface area (Å²) >= 11 is 0. The Balaban J connectivity index is 2.21. The number of ether oxygens (including phenoxy) is 2. The average molecular weight is 224 g/mol. The van der Waals surface area contributed by atoms with E-state index in [1.165, 1.54) is 0 Å². The van der Waals surface area contributed by atoms with Crippen LogP contribution in [0, 0.1) is 0 Å². The highest BCUT2D eigenvalue weighted by atomic mass is 16.5. The lowest BCUT2D eigenvalue weighted by Gasteiger charge is -2.08. The number of anilines is 1. The number of nitrogens with zero attached hydrogens (tertiary/aromatic N) is 1. The van der Waals surface area contributed by atoms with Gasteiger partial charge in [0.15, 0.2) is 0 Å². The number of pyridine rings is 1. The molecule has 1 aromatic rings. The van der Waals surface area contributed by atoms with E-state index in [4.69, 9.17) is 9.47 Å². The van der Waals surface area contributed by atoms with E-state index in [0.717, 1.165) is 11.4 Å². The third-order valence-electron chi connectivity index (χ3n) is 2.03. The molecule has 1 heterocycles. The molecule has 0 bridgehead atoms. The van der Waals surface area contributed by atoms with Crippen molar-refractivity contribution in [1.82, 2.24) is 4.98 Å². The smallest absolute Gasteiger partial charge is 0.0889 e. The van der Waals surface area contributed by atoms with E-state index in [0.29, 0.717) is 19.8 Å². The quantitative estimate of drug-likeness (QED) is 0.720. The first-order valence-electron chi connectivity index (χ1n) is 5.54. The summed E-state index contributed by atoms with van der Waals surface area (Å²) in [6.07, 6.45) is 2.03. The van der Waals surface area contributed by atoms with Crippen LogP contribution in [0.4, 0.5) is 5.69 Å². The third-order valence-corrected chi connectivity index (χ3v) is 2.03. The number of hydrogen-bond acceptors (Lipinski definition) is 4. The van der Waals surface area contributed by atoms with E-state index in [1.54, 1.807) is 6.20 Å². The van der Waals surface area contributed by atoms with Gasteiger partial charge in [-0.1, -0.05) is 0 Å².